The van der Waals surface area contributed by atoms with E-state index in [1.165, 1.54) is 6.92 Å². The molecule has 3 amide bonds. The van der Waals surface area contributed by atoms with Gasteiger partial charge in [0.25, 0.3) is 0 Å². The van der Waals surface area contributed by atoms with E-state index in [1.807, 2.05) is 13.8 Å². The molecule has 0 aliphatic rings. The summed E-state index contributed by atoms with van der Waals surface area (Å²) < 4.78 is 0. The van der Waals surface area contributed by atoms with Crippen LogP contribution in [0.4, 0.5) is 0 Å². The number of nitrogens with one attached hydrogen (secondary N) is 3. The molecule has 0 aliphatic carbocycles. The van der Waals surface area contributed by atoms with Crippen LogP contribution in [0.15, 0.2) is 4.99 Å². The van der Waals surface area contributed by atoms with Crippen molar-refractivity contribution in [1.29, 1.82) is 0 Å². The van der Waals surface area contributed by atoms with Gasteiger partial charge in [-0.25, -0.2) is 4.79 Å². The maximum Gasteiger partial charge on any atom is 0.328 e. The van der Waals surface area contributed by atoms with Crippen LogP contribution in [0, 0.1) is 11.8 Å². The second kappa shape index (κ2) is 15.1. The van der Waals surface area contributed by atoms with Crippen LogP contribution >= 0.6 is 0 Å². The summed E-state index contributed by atoms with van der Waals surface area (Å²) in [5, 5.41) is 26.3. The molecule has 0 saturated heterocycles. The zero-order valence-corrected chi connectivity index (χ0v) is 20.6. The van der Waals surface area contributed by atoms with Gasteiger partial charge >= 0.3 is 5.97 Å². The molecule has 0 aromatic heterocycles. The van der Waals surface area contributed by atoms with Gasteiger partial charge in [0.15, 0.2) is 12.0 Å². The van der Waals surface area contributed by atoms with Crippen LogP contribution in [-0.4, -0.2) is 76.7 Å². The molecule has 6 atom stereocenters. The standard InChI is InChI=1S/C21H41N7O6/c1-6-11(4)14(22)18(31)27-15(10(2)3)19(32)26-13(8-7-9-25-21(23)24)17(30)28-16(12(5)29)20(33)34/h10-16,29H,6-9,22H2,1-5H3,(H,26,32)(H,27,31)(H,28,30)(H,33,34)(H4,23,24,25). The molecule has 0 aliphatic heterocycles. The SMILES string of the molecule is CCC(C)C(N)C(=O)NC(C(=O)NC(CCCN=C(N)N)C(=O)NC(C(=O)O)C(C)O)C(C)C. The molecule has 0 aromatic carbocycles. The molecule has 13 nitrogen and oxygen atoms in total. The van der Waals surface area contributed by atoms with Crippen LogP contribution in [0.1, 0.15) is 53.9 Å². The lowest BCUT2D eigenvalue weighted by atomic mass is 9.97. The van der Waals surface area contributed by atoms with Gasteiger partial charge < -0.3 is 43.4 Å². The van der Waals surface area contributed by atoms with Gasteiger partial charge in [-0.05, 0) is 31.6 Å². The average Bonchev–Trinajstić information content (AvgIpc) is 2.75. The van der Waals surface area contributed by atoms with Crippen molar-refractivity contribution in [2.45, 2.75) is 84.2 Å². The quantitative estimate of drug-likeness (QED) is 0.0722. The van der Waals surface area contributed by atoms with Crippen LogP contribution in [0.5, 0.6) is 0 Å². The topological polar surface area (TPSA) is 235 Å². The van der Waals surface area contributed by atoms with Gasteiger partial charge in [0.1, 0.15) is 12.1 Å². The smallest absolute Gasteiger partial charge is 0.328 e. The Balaban J connectivity index is 5.58. The number of aliphatic imine (C=N–C) groups is 1. The van der Waals surface area contributed by atoms with E-state index >= 15 is 0 Å². The zero-order valence-electron chi connectivity index (χ0n) is 20.6. The van der Waals surface area contributed by atoms with E-state index in [4.69, 9.17) is 17.2 Å². The minimum absolute atomic E-state index is 0.0750. The molecule has 0 radical (unpaired) electrons. The highest BCUT2D eigenvalue weighted by Crippen LogP contribution is 2.09. The van der Waals surface area contributed by atoms with Crippen molar-refractivity contribution >= 4 is 29.7 Å². The van der Waals surface area contributed by atoms with Crippen LogP contribution in [0.2, 0.25) is 0 Å². The molecule has 0 rings (SSSR count). The van der Waals surface area contributed by atoms with Crippen LogP contribution in [-0.2, 0) is 19.2 Å². The molecule has 11 N–H and O–H groups in total. The summed E-state index contributed by atoms with van der Waals surface area (Å²) in [6.07, 6.45) is -0.324. The number of hydrogen-bond acceptors (Lipinski definition) is 7. The number of rotatable bonds is 15. The first-order chi connectivity index (χ1) is 15.7. The lowest BCUT2D eigenvalue weighted by molar-refractivity contribution is -0.145. The number of carboxylic acids is 1. The predicted molar refractivity (Wildman–Crippen MR) is 127 cm³/mol. The molecule has 0 saturated carbocycles. The van der Waals surface area contributed by atoms with Crippen LogP contribution in [0.25, 0.3) is 0 Å². The summed E-state index contributed by atoms with van der Waals surface area (Å²) in [6.45, 7) is 8.56. The van der Waals surface area contributed by atoms with E-state index in [2.05, 4.69) is 20.9 Å². The number of aliphatic hydroxyl groups is 1. The monoisotopic (exact) mass is 487 g/mol. The molecular formula is C21H41N7O6. The fourth-order valence-corrected chi connectivity index (χ4v) is 2.97. The third-order valence-electron chi connectivity index (χ3n) is 5.43. The molecule has 13 heteroatoms. The van der Waals surface area contributed by atoms with Gasteiger partial charge in [-0.1, -0.05) is 34.1 Å². The maximum absolute atomic E-state index is 13.0. The highest BCUT2D eigenvalue weighted by molar-refractivity contribution is 5.94. The van der Waals surface area contributed by atoms with Gasteiger partial charge in [0.05, 0.1) is 12.1 Å². The molecule has 0 spiro atoms. The summed E-state index contributed by atoms with van der Waals surface area (Å²) in [7, 11) is 0. The fraction of sp³-hybridized carbons (Fsp3) is 0.762. The predicted octanol–water partition coefficient (Wildman–Crippen LogP) is -2.01. The number of carbonyl (C=O) groups is 4. The first-order valence-electron chi connectivity index (χ1n) is 11.4. The Kier molecular flexibility index (Phi) is 13.8. The number of carbonyl (C=O) groups excluding carboxylic acids is 3. The molecular weight excluding hydrogens is 446 g/mol. The normalized spacial score (nSPS) is 16.4. The number of guanidine groups is 1. The van der Waals surface area contributed by atoms with Gasteiger partial charge in [0.2, 0.25) is 17.7 Å². The lowest BCUT2D eigenvalue weighted by Gasteiger charge is -2.28. The molecule has 0 aromatic rings. The largest absolute Gasteiger partial charge is 0.480 e. The summed E-state index contributed by atoms with van der Waals surface area (Å²) in [6, 6.07) is -4.52. The minimum Gasteiger partial charge on any atom is -0.480 e. The van der Waals surface area contributed by atoms with E-state index in [0.29, 0.717) is 12.8 Å². The second-order valence-electron chi connectivity index (χ2n) is 8.72. The Morgan fingerprint density at radius 2 is 1.47 bits per heavy atom. The van der Waals surface area contributed by atoms with Crippen molar-refractivity contribution < 1.29 is 29.4 Å². The summed E-state index contributed by atoms with van der Waals surface area (Å²) >= 11 is 0. The Morgan fingerprint density at radius 1 is 0.912 bits per heavy atom. The highest BCUT2D eigenvalue weighted by atomic mass is 16.4. The Bertz CT molecular complexity index is 724. The van der Waals surface area contributed by atoms with Crippen LogP contribution < -0.4 is 33.2 Å². The van der Waals surface area contributed by atoms with E-state index in [0.717, 1.165) is 0 Å². The summed E-state index contributed by atoms with van der Waals surface area (Å²) in [5.74, 6) is -3.93. The van der Waals surface area contributed by atoms with Crippen molar-refractivity contribution in [3.05, 3.63) is 0 Å². The summed E-state index contributed by atoms with van der Waals surface area (Å²) in [4.78, 5) is 53.5. The third kappa shape index (κ3) is 10.8. The molecule has 6 unspecified atom stereocenters. The van der Waals surface area contributed by atoms with Gasteiger partial charge in [-0.2, -0.15) is 0 Å². The first kappa shape index (κ1) is 31.1. The van der Waals surface area contributed by atoms with Gasteiger partial charge in [-0.15, -0.1) is 0 Å². The van der Waals surface area contributed by atoms with Crippen LogP contribution in [0.3, 0.4) is 0 Å². The fourth-order valence-electron chi connectivity index (χ4n) is 2.97. The van der Waals surface area contributed by atoms with E-state index in [1.54, 1.807) is 13.8 Å². The number of aliphatic hydroxyl groups excluding tert-OH is 1. The molecule has 0 heterocycles. The van der Waals surface area contributed by atoms with Crippen molar-refractivity contribution in [3.8, 4) is 0 Å². The Morgan fingerprint density at radius 3 is 1.91 bits per heavy atom. The Hall–Kier alpha value is -2.93. The number of carboxylic acid groups (broad SMARTS) is 1. The first-order valence-corrected chi connectivity index (χ1v) is 11.4. The number of amides is 3. The highest BCUT2D eigenvalue weighted by Gasteiger charge is 2.33. The third-order valence-corrected chi connectivity index (χ3v) is 5.43. The van der Waals surface area contributed by atoms with Gasteiger partial charge in [0, 0.05) is 6.54 Å². The zero-order chi connectivity index (χ0) is 26.6. The molecule has 34 heavy (non-hydrogen) atoms. The molecule has 0 bridgehead atoms. The van der Waals surface area contributed by atoms with E-state index in [-0.39, 0.29) is 30.8 Å². The number of aliphatic carboxylic acids is 1. The minimum atomic E-state index is -1.57. The summed E-state index contributed by atoms with van der Waals surface area (Å²) in [5.41, 5.74) is 16.6. The molecule has 0 fully saturated rings. The van der Waals surface area contributed by atoms with Crippen molar-refractivity contribution in [1.82, 2.24) is 16.0 Å². The van der Waals surface area contributed by atoms with Crippen molar-refractivity contribution in [2.24, 2.45) is 34.0 Å². The average molecular weight is 488 g/mol. The number of hydrogen-bond donors (Lipinski definition) is 8. The van der Waals surface area contributed by atoms with Crippen molar-refractivity contribution in [2.75, 3.05) is 6.54 Å². The maximum atomic E-state index is 13.0. The number of nitrogens with two attached hydrogens (primary N) is 3. The van der Waals surface area contributed by atoms with Gasteiger partial charge in [-0.3, -0.25) is 19.4 Å². The number of nitrogens with zero attached hydrogens (tertiary/aromatic N) is 1. The van der Waals surface area contributed by atoms with Crippen molar-refractivity contribution in [3.63, 3.8) is 0 Å². The van der Waals surface area contributed by atoms with E-state index < -0.39 is 54.0 Å². The Labute approximate surface area is 200 Å². The lowest BCUT2D eigenvalue weighted by Crippen LogP contribution is -2.59. The molecule has 196 valence electrons. The van der Waals surface area contributed by atoms with E-state index in [9.17, 15) is 29.4 Å². The second-order valence-corrected chi connectivity index (χ2v) is 8.72.